The Morgan fingerprint density at radius 2 is 2.23 bits per heavy atom. The molecule has 68 valence electrons. The molecule has 0 N–H and O–H groups in total. The molecule has 0 amide bonds. The van der Waals surface area contributed by atoms with Gasteiger partial charge in [0.05, 0.1) is 4.92 Å². The third kappa shape index (κ3) is 2.00. The van der Waals surface area contributed by atoms with Gasteiger partial charge >= 0.3 is 0 Å². The largest absolute Gasteiger partial charge is 0.298 e. The van der Waals surface area contributed by atoms with Gasteiger partial charge < -0.3 is 0 Å². The molecule has 0 atom stereocenters. The summed E-state index contributed by atoms with van der Waals surface area (Å²) in [6.07, 6.45) is 0. The van der Waals surface area contributed by atoms with Gasteiger partial charge in [0, 0.05) is 13.0 Å². The number of ketones is 1. The van der Waals surface area contributed by atoms with Crippen LogP contribution in [0.1, 0.15) is 17.4 Å². The third-order valence-corrected chi connectivity index (χ3v) is 1.58. The van der Waals surface area contributed by atoms with E-state index in [9.17, 15) is 14.9 Å². The van der Waals surface area contributed by atoms with Crippen LogP contribution in [0.25, 0.3) is 0 Å². The maximum absolute atomic E-state index is 10.9. The van der Waals surface area contributed by atoms with Crippen LogP contribution in [0.15, 0.2) is 12.1 Å². The number of nitrogens with zero attached hydrogens (tertiary/aromatic N) is 2. The van der Waals surface area contributed by atoms with Gasteiger partial charge in [0.2, 0.25) is 0 Å². The SMILES string of the molecule is CC(=O)c1nc(Cl)ccc1[N+](=O)[O-]. The van der Waals surface area contributed by atoms with Gasteiger partial charge in [0.15, 0.2) is 11.5 Å². The zero-order valence-electron chi connectivity index (χ0n) is 6.65. The molecule has 0 fully saturated rings. The Bertz CT molecular complexity index is 378. The fourth-order valence-electron chi connectivity index (χ4n) is 0.834. The zero-order chi connectivity index (χ0) is 10.0. The molecule has 0 bridgehead atoms. The van der Waals surface area contributed by atoms with Crippen LogP contribution in [0.2, 0.25) is 5.15 Å². The fourth-order valence-corrected chi connectivity index (χ4v) is 0.982. The summed E-state index contributed by atoms with van der Waals surface area (Å²) in [6, 6.07) is 2.43. The molecule has 1 aromatic heterocycles. The van der Waals surface area contributed by atoms with Crippen molar-refractivity contribution < 1.29 is 9.72 Å². The van der Waals surface area contributed by atoms with Crippen LogP contribution >= 0.6 is 11.6 Å². The number of carbonyl (C=O) groups excluding carboxylic acids is 1. The molecular formula is C7H5ClN2O3. The number of nitro groups is 1. The molecule has 5 nitrogen and oxygen atoms in total. The van der Waals surface area contributed by atoms with Crippen LogP contribution in [0, 0.1) is 10.1 Å². The Labute approximate surface area is 78.5 Å². The molecule has 1 rings (SSSR count). The van der Waals surface area contributed by atoms with Crippen molar-refractivity contribution in [2.75, 3.05) is 0 Å². The Morgan fingerprint density at radius 3 is 2.69 bits per heavy atom. The number of carbonyl (C=O) groups is 1. The van der Waals surface area contributed by atoms with Gasteiger partial charge in [0.25, 0.3) is 5.69 Å². The first-order valence-corrected chi connectivity index (χ1v) is 3.72. The van der Waals surface area contributed by atoms with E-state index in [1.165, 1.54) is 13.0 Å². The smallest absolute Gasteiger partial charge is 0.292 e. The van der Waals surface area contributed by atoms with Gasteiger partial charge in [-0.1, -0.05) is 11.6 Å². The van der Waals surface area contributed by atoms with Gasteiger partial charge in [-0.3, -0.25) is 14.9 Å². The lowest BCUT2D eigenvalue weighted by Gasteiger charge is -1.97. The van der Waals surface area contributed by atoms with Gasteiger partial charge in [-0.25, -0.2) is 4.98 Å². The Morgan fingerprint density at radius 1 is 1.62 bits per heavy atom. The average Bonchev–Trinajstić information content (AvgIpc) is 2.03. The maximum Gasteiger partial charge on any atom is 0.298 e. The van der Waals surface area contributed by atoms with Crippen LogP contribution in [-0.2, 0) is 0 Å². The number of pyridine rings is 1. The van der Waals surface area contributed by atoms with Crippen LogP contribution < -0.4 is 0 Å². The molecule has 0 aromatic carbocycles. The standard InChI is InChI=1S/C7H5ClN2O3/c1-4(11)7-5(10(12)13)2-3-6(8)9-7/h2-3H,1H3. The molecule has 0 aliphatic carbocycles. The summed E-state index contributed by atoms with van der Waals surface area (Å²) in [5.74, 6) is -0.478. The second kappa shape index (κ2) is 3.49. The highest BCUT2D eigenvalue weighted by atomic mass is 35.5. The Hall–Kier alpha value is -1.49. The Kier molecular flexibility index (Phi) is 2.57. The van der Waals surface area contributed by atoms with Crippen molar-refractivity contribution in [2.45, 2.75) is 6.92 Å². The fraction of sp³-hybridized carbons (Fsp3) is 0.143. The van der Waals surface area contributed by atoms with E-state index < -0.39 is 10.7 Å². The van der Waals surface area contributed by atoms with E-state index in [1.807, 2.05) is 0 Å². The minimum absolute atomic E-state index is 0.0656. The second-order valence-electron chi connectivity index (χ2n) is 2.32. The van der Waals surface area contributed by atoms with Gasteiger partial charge in [-0.15, -0.1) is 0 Å². The van der Waals surface area contributed by atoms with E-state index >= 15 is 0 Å². The molecule has 0 radical (unpaired) electrons. The lowest BCUT2D eigenvalue weighted by atomic mass is 10.2. The monoisotopic (exact) mass is 200 g/mol. The number of Topliss-reactive ketones (excluding diaryl/α,β-unsaturated/α-hetero) is 1. The summed E-state index contributed by atoms with van der Waals surface area (Å²) in [5, 5.41) is 10.5. The summed E-state index contributed by atoms with van der Waals surface area (Å²) in [4.78, 5) is 24.2. The maximum atomic E-state index is 10.9. The predicted octanol–water partition coefficient (Wildman–Crippen LogP) is 1.85. The van der Waals surface area contributed by atoms with Gasteiger partial charge in [-0.2, -0.15) is 0 Å². The quantitative estimate of drug-likeness (QED) is 0.316. The average molecular weight is 201 g/mol. The van der Waals surface area contributed by atoms with E-state index in [1.54, 1.807) is 0 Å². The second-order valence-corrected chi connectivity index (χ2v) is 2.70. The highest BCUT2D eigenvalue weighted by Crippen LogP contribution is 2.19. The van der Waals surface area contributed by atoms with Crippen molar-refractivity contribution in [1.82, 2.24) is 4.98 Å². The van der Waals surface area contributed by atoms with Crippen molar-refractivity contribution in [2.24, 2.45) is 0 Å². The summed E-state index contributed by atoms with van der Waals surface area (Å²) >= 11 is 5.48. The number of rotatable bonds is 2. The van der Waals surface area contributed by atoms with E-state index in [2.05, 4.69) is 4.98 Å². The van der Waals surface area contributed by atoms with Gasteiger partial charge in [-0.05, 0) is 6.07 Å². The molecular weight excluding hydrogens is 196 g/mol. The summed E-state index contributed by atoms with van der Waals surface area (Å²) < 4.78 is 0. The van der Waals surface area contributed by atoms with E-state index in [-0.39, 0.29) is 16.5 Å². The van der Waals surface area contributed by atoms with Crippen molar-refractivity contribution in [3.8, 4) is 0 Å². The molecule has 0 saturated heterocycles. The predicted molar refractivity (Wildman–Crippen MR) is 45.9 cm³/mol. The van der Waals surface area contributed by atoms with E-state index in [0.717, 1.165) is 6.07 Å². The number of aromatic nitrogens is 1. The summed E-state index contributed by atoms with van der Waals surface area (Å²) in [7, 11) is 0. The molecule has 1 aromatic rings. The first-order chi connectivity index (χ1) is 6.02. The van der Waals surface area contributed by atoms with Crippen molar-refractivity contribution in [3.63, 3.8) is 0 Å². The van der Waals surface area contributed by atoms with E-state index in [0.29, 0.717) is 0 Å². The Balaban J connectivity index is 3.35. The molecule has 0 saturated carbocycles. The number of halogens is 1. The number of hydrogen-bond acceptors (Lipinski definition) is 4. The number of hydrogen-bond donors (Lipinski definition) is 0. The summed E-state index contributed by atoms with van der Waals surface area (Å²) in [6.45, 7) is 1.20. The third-order valence-electron chi connectivity index (χ3n) is 1.37. The van der Waals surface area contributed by atoms with Crippen LogP contribution in [0.4, 0.5) is 5.69 Å². The highest BCUT2D eigenvalue weighted by molar-refractivity contribution is 6.29. The molecule has 0 aliphatic rings. The normalized spacial score (nSPS) is 9.69. The lowest BCUT2D eigenvalue weighted by molar-refractivity contribution is -0.385. The van der Waals surface area contributed by atoms with Crippen LogP contribution in [-0.4, -0.2) is 15.7 Å². The topological polar surface area (TPSA) is 73.1 Å². The molecule has 13 heavy (non-hydrogen) atoms. The zero-order valence-corrected chi connectivity index (χ0v) is 7.41. The van der Waals surface area contributed by atoms with Gasteiger partial charge in [0.1, 0.15) is 5.15 Å². The van der Waals surface area contributed by atoms with Crippen molar-refractivity contribution >= 4 is 23.1 Å². The highest BCUT2D eigenvalue weighted by Gasteiger charge is 2.18. The molecule has 0 aliphatic heterocycles. The first kappa shape index (κ1) is 9.60. The summed E-state index contributed by atoms with van der Waals surface area (Å²) in [5.41, 5.74) is -0.533. The van der Waals surface area contributed by atoms with Crippen molar-refractivity contribution in [3.05, 3.63) is 33.1 Å². The molecule has 0 spiro atoms. The minimum atomic E-state index is -0.667. The molecule has 6 heteroatoms. The molecule has 0 unspecified atom stereocenters. The van der Waals surface area contributed by atoms with E-state index in [4.69, 9.17) is 11.6 Å². The van der Waals surface area contributed by atoms with Crippen molar-refractivity contribution in [1.29, 1.82) is 0 Å². The van der Waals surface area contributed by atoms with Crippen LogP contribution in [0.3, 0.4) is 0 Å². The molecule has 1 heterocycles. The lowest BCUT2D eigenvalue weighted by Crippen LogP contribution is -2.03. The van der Waals surface area contributed by atoms with Crippen LogP contribution in [0.5, 0.6) is 0 Å². The first-order valence-electron chi connectivity index (χ1n) is 3.34. The minimum Gasteiger partial charge on any atom is -0.292 e.